The summed E-state index contributed by atoms with van der Waals surface area (Å²) in [7, 11) is 0. The van der Waals surface area contributed by atoms with Crippen LogP contribution in [0.25, 0.3) is 0 Å². The first-order valence-electron chi connectivity index (χ1n) is 7.14. The minimum absolute atomic E-state index is 0.135. The molecule has 0 atom stereocenters. The lowest BCUT2D eigenvalue weighted by atomic mass is 10.2. The minimum atomic E-state index is -0.135. The molecular weight excluding hydrogens is 254 g/mol. The molecule has 1 heterocycles. The SMILES string of the molecule is CCN(CC)C(=O)c1cccc(C(=O)N(CC)CC)n1. The molecule has 0 aliphatic heterocycles. The number of nitrogens with zero attached hydrogens (tertiary/aromatic N) is 3. The Labute approximate surface area is 120 Å². The second-order valence-corrected chi connectivity index (χ2v) is 4.36. The van der Waals surface area contributed by atoms with Gasteiger partial charge in [0.25, 0.3) is 11.8 Å². The van der Waals surface area contributed by atoms with Crippen molar-refractivity contribution in [2.24, 2.45) is 0 Å². The van der Waals surface area contributed by atoms with Gasteiger partial charge in [-0.2, -0.15) is 0 Å². The van der Waals surface area contributed by atoms with Crippen LogP contribution in [0.1, 0.15) is 48.7 Å². The van der Waals surface area contributed by atoms with Crippen LogP contribution in [0.15, 0.2) is 18.2 Å². The highest BCUT2D eigenvalue weighted by Gasteiger charge is 2.18. The third kappa shape index (κ3) is 3.56. The molecule has 0 radical (unpaired) electrons. The van der Waals surface area contributed by atoms with Crippen LogP contribution in [-0.2, 0) is 0 Å². The Morgan fingerprint density at radius 2 is 1.20 bits per heavy atom. The third-order valence-electron chi connectivity index (χ3n) is 3.29. The molecule has 0 N–H and O–H groups in total. The molecule has 2 amide bonds. The molecular formula is C15H23N3O2. The molecule has 0 aliphatic rings. The van der Waals surface area contributed by atoms with Gasteiger partial charge in [0.05, 0.1) is 0 Å². The van der Waals surface area contributed by atoms with Crippen molar-refractivity contribution >= 4 is 11.8 Å². The molecule has 1 aromatic heterocycles. The van der Waals surface area contributed by atoms with E-state index < -0.39 is 0 Å². The van der Waals surface area contributed by atoms with Crippen LogP contribution in [0, 0.1) is 0 Å². The van der Waals surface area contributed by atoms with E-state index in [1.165, 1.54) is 0 Å². The lowest BCUT2D eigenvalue weighted by Crippen LogP contribution is -2.33. The van der Waals surface area contributed by atoms with Crippen LogP contribution >= 0.6 is 0 Å². The van der Waals surface area contributed by atoms with E-state index >= 15 is 0 Å². The van der Waals surface area contributed by atoms with E-state index in [4.69, 9.17) is 0 Å². The number of carbonyl (C=O) groups excluding carboxylic acids is 2. The monoisotopic (exact) mass is 277 g/mol. The number of carbonyl (C=O) groups is 2. The third-order valence-corrected chi connectivity index (χ3v) is 3.29. The molecule has 0 bridgehead atoms. The number of rotatable bonds is 6. The summed E-state index contributed by atoms with van der Waals surface area (Å²) in [5.74, 6) is -0.270. The van der Waals surface area contributed by atoms with Gasteiger partial charge < -0.3 is 9.80 Å². The normalized spacial score (nSPS) is 10.2. The summed E-state index contributed by atoms with van der Waals surface area (Å²) < 4.78 is 0. The highest BCUT2D eigenvalue weighted by molar-refractivity contribution is 5.96. The maximum Gasteiger partial charge on any atom is 0.272 e. The first-order chi connectivity index (χ1) is 9.58. The van der Waals surface area contributed by atoms with Crippen molar-refractivity contribution in [2.75, 3.05) is 26.2 Å². The largest absolute Gasteiger partial charge is 0.338 e. The zero-order chi connectivity index (χ0) is 15.1. The fourth-order valence-corrected chi connectivity index (χ4v) is 2.02. The molecule has 110 valence electrons. The lowest BCUT2D eigenvalue weighted by molar-refractivity contribution is 0.0760. The predicted molar refractivity (Wildman–Crippen MR) is 78.7 cm³/mol. The van der Waals surface area contributed by atoms with Gasteiger partial charge in [-0.25, -0.2) is 4.98 Å². The van der Waals surface area contributed by atoms with Gasteiger partial charge in [-0.3, -0.25) is 9.59 Å². The Balaban J connectivity index is 3.01. The Hall–Kier alpha value is -1.91. The summed E-state index contributed by atoms with van der Waals surface area (Å²) in [5.41, 5.74) is 0.651. The molecule has 20 heavy (non-hydrogen) atoms. The average molecular weight is 277 g/mol. The summed E-state index contributed by atoms with van der Waals surface area (Å²) in [6.45, 7) is 10.2. The Morgan fingerprint density at radius 1 is 0.850 bits per heavy atom. The van der Waals surface area contributed by atoms with Crippen molar-refractivity contribution in [3.8, 4) is 0 Å². The zero-order valence-electron chi connectivity index (χ0n) is 12.7. The number of aromatic nitrogens is 1. The van der Waals surface area contributed by atoms with Crippen LogP contribution in [0.5, 0.6) is 0 Å². The van der Waals surface area contributed by atoms with E-state index in [2.05, 4.69) is 4.98 Å². The topological polar surface area (TPSA) is 53.5 Å². The van der Waals surface area contributed by atoms with E-state index in [0.717, 1.165) is 0 Å². The molecule has 0 spiro atoms. The van der Waals surface area contributed by atoms with E-state index in [1.807, 2.05) is 27.7 Å². The van der Waals surface area contributed by atoms with E-state index in [-0.39, 0.29) is 11.8 Å². The molecule has 5 nitrogen and oxygen atoms in total. The summed E-state index contributed by atoms with van der Waals surface area (Å²) in [6, 6.07) is 5.01. The van der Waals surface area contributed by atoms with Crippen LogP contribution in [0.4, 0.5) is 0 Å². The van der Waals surface area contributed by atoms with E-state index in [9.17, 15) is 9.59 Å². The van der Waals surface area contributed by atoms with Crippen molar-refractivity contribution < 1.29 is 9.59 Å². The van der Waals surface area contributed by atoms with Gasteiger partial charge >= 0.3 is 0 Å². The molecule has 0 fully saturated rings. The van der Waals surface area contributed by atoms with Gasteiger partial charge in [-0.05, 0) is 39.8 Å². The highest BCUT2D eigenvalue weighted by atomic mass is 16.2. The van der Waals surface area contributed by atoms with Crippen LogP contribution in [0.2, 0.25) is 0 Å². The lowest BCUT2D eigenvalue weighted by Gasteiger charge is -2.20. The number of pyridine rings is 1. The molecule has 0 saturated heterocycles. The van der Waals surface area contributed by atoms with Gasteiger partial charge in [0.2, 0.25) is 0 Å². The second-order valence-electron chi connectivity index (χ2n) is 4.36. The van der Waals surface area contributed by atoms with Crippen molar-refractivity contribution in [1.82, 2.24) is 14.8 Å². The first-order valence-corrected chi connectivity index (χ1v) is 7.14. The standard InChI is InChI=1S/C15H23N3O2/c1-5-17(6-2)14(19)12-10-9-11-13(16-12)15(20)18(7-3)8-4/h9-11H,5-8H2,1-4H3. The Kier molecular flexibility index (Phi) is 6.15. The number of hydrogen-bond acceptors (Lipinski definition) is 3. The van der Waals surface area contributed by atoms with Gasteiger partial charge in [0.15, 0.2) is 0 Å². The van der Waals surface area contributed by atoms with E-state index in [0.29, 0.717) is 37.6 Å². The Morgan fingerprint density at radius 3 is 1.50 bits per heavy atom. The summed E-state index contributed by atoms with van der Waals surface area (Å²) in [4.78, 5) is 32.1. The van der Waals surface area contributed by atoms with Crippen LogP contribution in [-0.4, -0.2) is 52.8 Å². The molecule has 0 aliphatic carbocycles. The average Bonchev–Trinajstić information content (AvgIpc) is 2.49. The fourth-order valence-electron chi connectivity index (χ4n) is 2.02. The minimum Gasteiger partial charge on any atom is -0.338 e. The van der Waals surface area contributed by atoms with Crippen LogP contribution < -0.4 is 0 Å². The first kappa shape index (κ1) is 16.1. The fraction of sp³-hybridized carbons (Fsp3) is 0.533. The molecule has 5 heteroatoms. The predicted octanol–water partition coefficient (Wildman–Crippen LogP) is 2.05. The zero-order valence-corrected chi connectivity index (χ0v) is 12.7. The summed E-state index contributed by atoms with van der Waals surface area (Å²) in [5, 5.41) is 0. The smallest absolute Gasteiger partial charge is 0.272 e. The van der Waals surface area contributed by atoms with Crippen molar-refractivity contribution in [1.29, 1.82) is 0 Å². The van der Waals surface area contributed by atoms with Gasteiger partial charge in [-0.15, -0.1) is 0 Å². The number of amides is 2. The maximum absolute atomic E-state index is 12.2. The van der Waals surface area contributed by atoms with Gasteiger partial charge in [-0.1, -0.05) is 6.07 Å². The second kappa shape index (κ2) is 7.62. The summed E-state index contributed by atoms with van der Waals surface area (Å²) in [6.07, 6.45) is 0. The summed E-state index contributed by atoms with van der Waals surface area (Å²) >= 11 is 0. The van der Waals surface area contributed by atoms with Crippen molar-refractivity contribution in [3.05, 3.63) is 29.6 Å². The molecule has 0 aromatic carbocycles. The molecule has 1 rings (SSSR count). The highest BCUT2D eigenvalue weighted by Crippen LogP contribution is 2.07. The van der Waals surface area contributed by atoms with Crippen molar-refractivity contribution in [2.45, 2.75) is 27.7 Å². The van der Waals surface area contributed by atoms with Gasteiger partial charge in [0.1, 0.15) is 11.4 Å². The molecule has 0 unspecified atom stereocenters. The molecule has 0 saturated carbocycles. The quantitative estimate of drug-likeness (QED) is 0.799. The van der Waals surface area contributed by atoms with Crippen LogP contribution in [0.3, 0.4) is 0 Å². The molecule has 1 aromatic rings. The van der Waals surface area contributed by atoms with E-state index in [1.54, 1.807) is 28.0 Å². The maximum atomic E-state index is 12.2. The Bertz CT molecular complexity index is 427. The van der Waals surface area contributed by atoms with Gasteiger partial charge in [0, 0.05) is 26.2 Å². The van der Waals surface area contributed by atoms with Crippen molar-refractivity contribution in [3.63, 3.8) is 0 Å². The number of hydrogen-bond donors (Lipinski definition) is 0.